The minimum absolute atomic E-state index is 0.469. The predicted octanol–water partition coefficient (Wildman–Crippen LogP) is 2.70. The first-order valence-corrected chi connectivity index (χ1v) is 6.73. The molecule has 0 aromatic heterocycles. The minimum atomic E-state index is -0.909. The fraction of sp³-hybridized carbons (Fsp3) is 0.417. The zero-order valence-electron chi connectivity index (χ0n) is 9.52. The Morgan fingerprint density at radius 1 is 1.53 bits per heavy atom. The maximum atomic E-state index is 12.6. The SMILES string of the molecule is CC1(O)CSC(=S)N1Cc1cccc(CF)c1. The van der Waals surface area contributed by atoms with Crippen LogP contribution in [-0.2, 0) is 13.2 Å². The topological polar surface area (TPSA) is 23.5 Å². The molecule has 1 unspecified atom stereocenters. The number of aliphatic hydroxyl groups is 1. The van der Waals surface area contributed by atoms with Crippen molar-refractivity contribution in [3.8, 4) is 0 Å². The average molecular weight is 271 g/mol. The summed E-state index contributed by atoms with van der Waals surface area (Å²) >= 11 is 6.68. The van der Waals surface area contributed by atoms with E-state index in [-0.39, 0.29) is 0 Å². The van der Waals surface area contributed by atoms with Crippen LogP contribution in [-0.4, -0.2) is 25.8 Å². The summed E-state index contributed by atoms with van der Waals surface area (Å²) < 4.78 is 13.2. The van der Waals surface area contributed by atoms with Crippen molar-refractivity contribution >= 4 is 28.3 Å². The summed E-state index contributed by atoms with van der Waals surface area (Å²) in [5.41, 5.74) is 0.707. The quantitative estimate of drug-likeness (QED) is 0.854. The highest BCUT2D eigenvalue weighted by Gasteiger charge is 2.37. The molecule has 0 spiro atoms. The molecule has 1 aliphatic rings. The molecule has 17 heavy (non-hydrogen) atoms. The minimum Gasteiger partial charge on any atom is -0.370 e. The van der Waals surface area contributed by atoms with E-state index >= 15 is 0 Å². The second kappa shape index (κ2) is 4.92. The van der Waals surface area contributed by atoms with Gasteiger partial charge in [-0.1, -0.05) is 48.2 Å². The van der Waals surface area contributed by atoms with Gasteiger partial charge in [0.1, 0.15) is 16.7 Å². The molecule has 1 atom stereocenters. The maximum absolute atomic E-state index is 12.6. The van der Waals surface area contributed by atoms with Crippen molar-refractivity contribution in [3.63, 3.8) is 0 Å². The van der Waals surface area contributed by atoms with Crippen molar-refractivity contribution in [2.24, 2.45) is 0 Å². The van der Waals surface area contributed by atoms with Crippen molar-refractivity contribution in [1.29, 1.82) is 0 Å². The third-order valence-electron chi connectivity index (χ3n) is 2.76. The second-order valence-electron chi connectivity index (χ2n) is 4.31. The Labute approximate surface area is 110 Å². The predicted molar refractivity (Wildman–Crippen MR) is 72.5 cm³/mol. The third-order valence-corrected chi connectivity index (χ3v) is 4.49. The molecule has 1 heterocycles. The molecule has 1 fully saturated rings. The van der Waals surface area contributed by atoms with Crippen LogP contribution in [0.1, 0.15) is 18.1 Å². The van der Waals surface area contributed by atoms with E-state index in [1.807, 2.05) is 18.2 Å². The van der Waals surface area contributed by atoms with Gasteiger partial charge < -0.3 is 10.0 Å². The first-order valence-electron chi connectivity index (χ1n) is 5.33. The lowest BCUT2D eigenvalue weighted by Gasteiger charge is -2.30. The Balaban J connectivity index is 2.17. The van der Waals surface area contributed by atoms with E-state index in [1.165, 1.54) is 11.8 Å². The molecule has 1 aromatic rings. The standard InChI is InChI=1S/C12H14FNOS2/c1-12(15)8-17-11(16)14(12)7-10-4-2-3-9(5-10)6-13/h2-5,15H,6-8H2,1H3. The number of nitrogens with zero attached hydrogens (tertiary/aromatic N) is 1. The number of hydrogen-bond donors (Lipinski definition) is 1. The van der Waals surface area contributed by atoms with Crippen LogP contribution < -0.4 is 0 Å². The first-order chi connectivity index (χ1) is 8.03. The van der Waals surface area contributed by atoms with Gasteiger partial charge in [0, 0.05) is 12.3 Å². The third kappa shape index (κ3) is 2.78. The molecule has 1 aliphatic heterocycles. The number of thiocarbonyl (C=S) groups is 1. The van der Waals surface area contributed by atoms with Gasteiger partial charge in [-0.05, 0) is 18.1 Å². The van der Waals surface area contributed by atoms with Crippen molar-refractivity contribution in [2.75, 3.05) is 5.75 Å². The van der Waals surface area contributed by atoms with Crippen LogP contribution in [0.3, 0.4) is 0 Å². The molecule has 1 N–H and O–H groups in total. The number of benzene rings is 1. The number of halogens is 1. The number of hydrogen-bond acceptors (Lipinski definition) is 3. The van der Waals surface area contributed by atoms with Gasteiger partial charge in [-0.3, -0.25) is 0 Å². The van der Waals surface area contributed by atoms with Gasteiger partial charge in [-0.25, -0.2) is 4.39 Å². The van der Waals surface area contributed by atoms with Gasteiger partial charge in [0.2, 0.25) is 0 Å². The summed E-state index contributed by atoms with van der Waals surface area (Å²) in [4.78, 5) is 1.78. The fourth-order valence-corrected chi connectivity index (χ4v) is 3.19. The summed E-state index contributed by atoms with van der Waals surface area (Å²) in [7, 11) is 0. The lowest BCUT2D eigenvalue weighted by molar-refractivity contribution is -0.0271. The highest BCUT2D eigenvalue weighted by Crippen LogP contribution is 2.32. The summed E-state index contributed by atoms with van der Waals surface area (Å²) in [6.07, 6.45) is 0. The molecule has 0 radical (unpaired) electrons. The molecule has 1 saturated heterocycles. The number of alkyl halides is 1. The summed E-state index contributed by atoms with van der Waals surface area (Å²) in [6, 6.07) is 7.30. The Bertz CT molecular complexity index is 436. The zero-order valence-corrected chi connectivity index (χ0v) is 11.2. The molecule has 2 nitrogen and oxygen atoms in total. The fourth-order valence-electron chi connectivity index (χ4n) is 1.78. The monoisotopic (exact) mass is 271 g/mol. The van der Waals surface area contributed by atoms with E-state index < -0.39 is 12.4 Å². The van der Waals surface area contributed by atoms with Crippen LogP contribution in [0.15, 0.2) is 24.3 Å². The first kappa shape index (κ1) is 12.8. The zero-order chi connectivity index (χ0) is 12.5. The normalized spacial score (nSPS) is 24.4. The highest BCUT2D eigenvalue weighted by atomic mass is 32.2. The molecular weight excluding hydrogens is 257 g/mol. The molecule has 5 heteroatoms. The van der Waals surface area contributed by atoms with E-state index in [9.17, 15) is 9.50 Å². The van der Waals surface area contributed by atoms with Gasteiger partial charge in [0.15, 0.2) is 0 Å². The number of rotatable bonds is 3. The van der Waals surface area contributed by atoms with Crippen LogP contribution in [0, 0.1) is 0 Å². The van der Waals surface area contributed by atoms with Gasteiger partial charge in [-0.2, -0.15) is 0 Å². The molecule has 1 aromatic carbocycles. The van der Waals surface area contributed by atoms with Crippen LogP contribution in [0.25, 0.3) is 0 Å². The molecule has 0 amide bonds. The maximum Gasteiger partial charge on any atom is 0.145 e. The number of thioether (sulfide) groups is 1. The Kier molecular flexibility index (Phi) is 3.70. The smallest absolute Gasteiger partial charge is 0.145 e. The van der Waals surface area contributed by atoms with E-state index in [1.54, 1.807) is 17.9 Å². The molecular formula is C12H14FNOS2. The van der Waals surface area contributed by atoms with E-state index in [2.05, 4.69) is 0 Å². The van der Waals surface area contributed by atoms with Crippen molar-refractivity contribution in [3.05, 3.63) is 35.4 Å². The van der Waals surface area contributed by atoms with Crippen molar-refractivity contribution in [2.45, 2.75) is 25.9 Å². The average Bonchev–Trinajstić information content (AvgIpc) is 2.56. The van der Waals surface area contributed by atoms with Crippen LogP contribution in [0.2, 0.25) is 0 Å². The second-order valence-corrected chi connectivity index (χ2v) is 5.92. The molecule has 2 rings (SSSR count). The Morgan fingerprint density at radius 3 is 2.82 bits per heavy atom. The summed E-state index contributed by atoms with van der Waals surface area (Å²) in [6.45, 7) is 1.80. The Hall–Kier alpha value is -0.650. The lowest BCUT2D eigenvalue weighted by atomic mass is 10.1. The Morgan fingerprint density at radius 2 is 2.24 bits per heavy atom. The van der Waals surface area contributed by atoms with E-state index in [4.69, 9.17) is 12.2 Å². The van der Waals surface area contributed by atoms with Crippen molar-refractivity contribution < 1.29 is 9.50 Å². The van der Waals surface area contributed by atoms with Gasteiger partial charge in [-0.15, -0.1) is 0 Å². The van der Waals surface area contributed by atoms with Crippen LogP contribution >= 0.6 is 24.0 Å². The molecule has 0 saturated carbocycles. The molecule has 92 valence electrons. The summed E-state index contributed by atoms with van der Waals surface area (Å²) in [5.74, 6) is 0.578. The van der Waals surface area contributed by atoms with Crippen molar-refractivity contribution in [1.82, 2.24) is 4.90 Å². The van der Waals surface area contributed by atoms with E-state index in [0.29, 0.717) is 22.2 Å². The molecule has 0 bridgehead atoms. The van der Waals surface area contributed by atoms with E-state index in [0.717, 1.165) is 5.56 Å². The largest absolute Gasteiger partial charge is 0.370 e. The van der Waals surface area contributed by atoms with Crippen LogP contribution in [0.4, 0.5) is 4.39 Å². The summed E-state index contributed by atoms with van der Waals surface area (Å²) in [5, 5.41) is 10.2. The van der Waals surface area contributed by atoms with Gasteiger partial charge in [0.25, 0.3) is 0 Å². The molecule has 0 aliphatic carbocycles. The van der Waals surface area contributed by atoms with Gasteiger partial charge in [0.05, 0.1) is 0 Å². The van der Waals surface area contributed by atoms with Crippen LogP contribution in [0.5, 0.6) is 0 Å². The van der Waals surface area contributed by atoms with Gasteiger partial charge >= 0.3 is 0 Å². The highest BCUT2D eigenvalue weighted by molar-refractivity contribution is 8.23. The lowest BCUT2D eigenvalue weighted by Crippen LogP contribution is -2.43.